The van der Waals surface area contributed by atoms with Gasteiger partial charge >= 0.3 is 5.97 Å². The second-order valence-electron chi connectivity index (χ2n) is 11.0. The Morgan fingerprint density at radius 3 is 1.87 bits per heavy atom. The van der Waals surface area contributed by atoms with Crippen molar-refractivity contribution in [3.05, 3.63) is 29.8 Å². The minimum Gasteiger partial charge on any atom is -0.480 e. The lowest BCUT2D eigenvalue weighted by atomic mass is 10.1. The molecule has 7 amide bonds. The van der Waals surface area contributed by atoms with Crippen molar-refractivity contribution >= 4 is 53.0 Å². The maximum Gasteiger partial charge on any atom is 0.325 e. The van der Waals surface area contributed by atoms with Gasteiger partial charge in [-0.25, -0.2) is 0 Å². The molecule has 3 atom stereocenters. The molecular formula is C31H47N7O9. The summed E-state index contributed by atoms with van der Waals surface area (Å²) >= 11 is 0. The first kappa shape index (κ1) is 40.0. The molecule has 47 heavy (non-hydrogen) atoms. The number of unbranched alkanes of at least 4 members (excludes halogenated alkanes) is 1. The number of nitrogens with one attached hydrogen (secondary N) is 7. The molecule has 0 heterocycles. The topological polar surface area (TPSA) is 241 Å². The van der Waals surface area contributed by atoms with Crippen molar-refractivity contribution in [3.63, 3.8) is 0 Å². The number of hydrogen-bond acceptors (Lipinski definition) is 8. The van der Waals surface area contributed by atoms with Gasteiger partial charge in [0.15, 0.2) is 0 Å². The summed E-state index contributed by atoms with van der Waals surface area (Å²) in [6, 6.07) is 3.63. The molecule has 0 aliphatic rings. The van der Waals surface area contributed by atoms with E-state index >= 15 is 0 Å². The number of amides is 7. The van der Waals surface area contributed by atoms with Gasteiger partial charge in [-0.2, -0.15) is 0 Å². The standard InChI is InChI=1S/C31H47N7O9/c1-19(29(44)36-20(2)31(46)47)35-30(45)25(8-5-6-15-32-21(3)39)38-27(42)14-17-34-26(41)9-7-16-33-28(43)18-23-10-12-24(13-11-23)37-22(4)40/h10-13,19-20,25H,5-9,14-18H2,1-4H3,(H,32,39)(H,33,43)(H,34,41)(H,35,45)(H,36,44)(H,37,40)(H,38,42)(H,46,47)/t19-,20-,25+/m1/s1. The van der Waals surface area contributed by atoms with E-state index in [0.717, 1.165) is 5.56 Å². The van der Waals surface area contributed by atoms with E-state index in [-0.39, 0.29) is 62.4 Å². The van der Waals surface area contributed by atoms with Gasteiger partial charge in [0.1, 0.15) is 18.1 Å². The summed E-state index contributed by atoms with van der Waals surface area (Å²) in [6.07, 6.45) is 1.73. The van der Waals surface area contributed by atoms with Crippen LogP contribution in [0.25, 0.3) is 0 Å². The molecule has 0 bridgehead atoms. The van der Waals surface area contributed by atoms with Gasteiger partial charge in [0.05, 0.1) is 6.42 Å². The summed E-state index contributed by atoms with van der Waals surface area (Å²) in [4.78, 5) is 95.3. The number of rotatable bonds is 21. The molecule has 1 rings (SSSR count). The third-order valence-electron chi connectivity index (χ3n) is 6.64. The Morgan fingerprint density at radius 2 is 1.26 bits per heavy atom. The number of hydrogen-bond donors (Lipinski definition) is 8. The van der Waals surface area contributed by atoms with Crippen molar-refractivity contribution in [2.24, 2.45) is 0 Å². The van der Waals surface area contributed by atoms with E-state index in [9.17, 15) is 38.4 Å². The quantitative estimate of drug-likeness (QED) is 0.0789. The van der Waals surface area contributed by atoms with Gasteiger partial charge in [-0.1, -0.05) is 12.1 Å². The van der Waals surface area contributed by atoms with Crippen LogP contribution in [0.1, 0.15) is 71.8 Å². The normalized spacial score (nSPS) is 12.3. The smallest absolute Gasteiger partial charge is 0.325 e. The van der Waals surface area contributed by atoms with Crippen molar-refractivity contribution < 1.29 is 43.5 Å². The molecule has 16 heteroatoms. The molecule has 0 saturated heterocycles. The average molecular weight is 662 g/mol. The fourth-order valence-electron chi connectivity index (χ4n) is 4.09. The maximum absolute atomic E-state index is 12.9. The van der Waals surface area contributed by atoms with Crippen LogP contribution in [-0.2, 0) is 44.8 Å². The van der Waals surface area contributed by atoms with Gasteiger partial charge in [0.25, 0.3) is 0 Å². The zero-order valence-electron chi connectivity index (χ0n) is 27.3. The molecular weight excluding hydrogens is 614 g/mol. The molecule has 0 aromatic heterocycles. The SMILES string of the molecule is CC(=O)NCCCC[C@H](NC(=O)CCNC(=O)CCCNC(=O)Cc1ccc(NC(C)=O)cc1)C(=O)N[C@H](C)C(=O)N[C@H](C)C(=O)O. The minimum absolute atomic E-state index is 0.00820. The number of carbonyl (C=O) groups is 8. The van der Waals surface area contributed by atoms with Crippen LogP contribution in [-0.4, -0.2) is 90.2 Å². The van der Waals surface area contributed by atoms with Gasteiger partial charge in [-0.05, 0) is 57.2 Å². The highest BCUT2D eigenvalue weighted by molar-refractivity contribution is 5.93. The van der Waals surface area contributed by atoms with Crippen molar-refractivity contribution in [2.45, 2.75) is 90.8 Å². The number of aliphatic carboxylic acids is 1. The molecule has 16 nitrogen and oxygen atoms in total. The molecule has 8 N–H and O–H groups in total. The summed E-state index contributed by atoms with van der Waals surface area (Å²) < 4.78 is 0. The number of benzene rings is 1. The van der Waals surface area contributed by atoms with E-state index in [1.807, 2.05) is 0 Å². The van der Waals surface area contributed by atoms with Gasteiger partial charge in [-0.3, -0.25) is 38.4 Å². The van der Waals surface area contributed by atoms with E-state index in [1.165, 1.54) is 27.7 Å². The predicted molar refractivity (Wildman–Crippen MR) is 172 cm³/mol. The van der Waals surface area contributed by atoms with Crippen LogP contribution in [0.2, 0.25) is 0 Å². The zero-order valence-corrected chi connectivity index (χ0v) is 27.3. The molecule has 0 radical (unpaired) electrons. The van der Waals surface area contributed by atoms with E-state index in [0.29, 0.717) is 31.5 Å². The molecule has 0 unspecified atom stereocenters. The van der Waals surface area contributed by atoms with Crippen LogP contribution in [0.5, 0.6) is 0 Å². The number of anilines is 1. The number of carboxylic acids is 1. The summed E-state index contributed by atoms with van der Waals surface area (Å²) in [7, 11) is 0. The second kappa shape index (κ2) is 21.7. The fourth-order valence-corrected chi connectivity index (χ4v) is 4.09. The first-order chi connectivity index (χ1) is 22.2. The third-order valence-corrected chi connectivity index (χ3v) is 6.64. The lowest BCUT2D eigenvalue weighted by molar-refractivity contribution is -0.141. The lowest BCUT2D eigenvalue weighted by Gasteiger charge is -2.22. The minimum atomic E-state index is -1.24. The molecule has 0 aliphatic heterocycles. The average Bonchev–Trinajstić information content (AvgIpc) is 2.98. The Labute approximate surface area is 273 Å². The van der Waals surface area contributed by atoms with Gasteiger partial charge in [-0.15, -0.1) is 0 Å². The number of carboxylic acid groups (broad SMARTS) is 1. The highest BCUT2D eigenvalue weighted by Crippen LogP contribution is 2.10. The van der Waals surface area contributed by atoms with Crippen molar-refractivity contribution in [1.29, 1.82) is 0 Å². The summed E-state index contributed by atoms with van der Waals surface area (Å²) in [5.41, 5.74) is 1.40. The summed E-state index contributed by atoms with van der Waals surface area (Å²) in [6.45, 7) is 6.12. The molecule has 0 spiro atoms. The first-order valence-electron chi connectivity index (χ1n) is 15.4. The molecule has 0 saturated carbocycles. The van der Waals surface area contributed by atoms with E-state index in [2.05, 4.69) is 37.2 Å². The second-order valence-corrected chi connectivity index (χ2v) is 11.0. The Hall–Kier alpha value is -5.02. The Balaban J connectivity index is 2.46. The third kappa shape index (κ3) is 18.5. The lowest BCUT2D eigenvalue weighted by Crippen LogP contribution is -2.54. The molecule has 1 aromatic rings. The van der Waals surface area contributed by atoms with Crippen LogP contribution in [0.15, 0.2) is 24.3 Å². The predicted octanol–water partition coefficient (Wildman–Crippen LogP) is -0.525. The van der Waals surface area contributed by atoms with Crippen molar-refractivity contribution in [1.82, 2.24) is 31.9 Å². The monoisotopic (exact) mass is 661 g/mol. The fraction of sp³-hybridized carbons (Fsp3) is 0.548. The zero-order chi connectivity index (χ0) is 35.4. The molecule has 260 valence electrons. The summed E-state index contributed by atoms with van der Waals surface area (Å²) in [5, 5.41) is 27.0. The van der Waals surface area contributed by atoms with E-state index in [4.69, 9.17) is 5.11 Å². The van der Waals surface area contributed by atoms with Crippen LogP contribution in [0, 0.1) is 0 Å². The van der Waals surface area contributed by atoms with Crippen molar-refractivity contribution in [3.8, 4) is 0 Å². The number of carbonyl (C=O) groups excluding carboxylic acids is 7. The van der Waals surface area contributed by atoms with Crippen LogP contribution >= 0.6 is 0 Å². The van der Waals surface area contributed by atoms with Gasteiger partial charge < -0.3 is 42.3 Å². The van der Waals surface area contributed by atoms with Gasteiger partial charge in [0.2, 0.25) is 41.4 Å². The summed E-state index contributed by atoms with van der Waals surface area (Å²) in [5.74, 6) is -4.02. The Bertz CT molecular complexity index is 1250. The van der Waals surface area contributed by atoms with Crippen molar-refractivity contribution in [2.75, 3.05) is 25.0 Å². The maximum atomic E-state index is 12.9. The highest BCUT2D eigenvalue weighted by atomic mass is 16.4. The van der Waals surface area contributed by atoms with Crippen LogP contribution in [0.4, 0.5) is 5.69 Å². The molecule has 0 aliphatic carbocycles. The first-order valence-corrected chi connectivity index (χ1v) is 15.4. The Kier molecular flexibility index (Phi) is 18.4. The largest absolute Gasteiger partial charge is 0.480 e. The van der Waals surface area contributed by atoms with Crippen LogP contribution in [0.3, 0.4) is 0 Å². The molecule has 1 aromatic carbocycles. The van der Waals surface area contributed by atoms with E-state index < -0.39 is 41.8 Å². The van der Waals surface area contributed by atoms with E-state index in [1.54, 1.807) is 24.3 Å². The Morgan fingerprint density at radius 1 is 0.638 bits per heavy atom. The molecule has 0 fully saturated rings. The highest BCUT2D eigenvalue weighted by Gasteiger charge is 2.25. The van der Waals surface area contributed by atoms with Crippen LogP contribution < -0.4 is 37.2 Å². The van der Waals surface area contributed by atoms with Gasteiger partial charge in [0, 0.05) is 52.0 Å².